The number of hydrogen-bond acceptors (Lipinski definition) is 5. The van der Waals surface area contributed by atoms with Crippen molar-refractivity contribution in [3.63, 3.8) is 0 Å². The maximum Gasteiger partial charge on any atom is 0.225 e. The van der Waals surface area contributed by atoms with Crippen molar-refractivity contribution < 1.29 is 9.13 Å². The number of nitrogens with zero attached hydrogens (tertiary/aromatic N) is 3. The normalized spacial score (nSPS) is 14.2. The monoisotopic (exact) mass is 364 g/mol. The van der Waals surface area contributed by atoms with Gasteiger partial charge in [0.2, 0.25) is 5.95 Å². The summed E-state index contributed by atoms with van der Waals surface area (Å²) < 4.78 is 19.3. The topological polar surface area (TPSA) is 50.3 Å². The minimum absolute atomic E-state index is 0.238. The highest BCUT2D eigenvalue weighted by atomic mass is 19.1. The van der Waals surface area contributed by atoms with Crippen LogP contribution in [0.2, 0.25) is 0 Å². The second-order valence-corrected chi connectivity index (χ2v) is 6.35. The molecule has 1 saturated heterocycles. The first kappa shape index (κ1) is 17.4. The largest absolute Gasteiger partial charge is 0.378 e. The van der Waals surface area contributed by atoms with E-state index in [4.69, 9.17) is 4.74 Å². The van der Waals surface area contributed by atoms with Crippen molar-refractivity contribution in [2.24, 2.45) is 0 Å². The fourth-order valence-corrected chi connectivity index (χ4v) is 3.04. The molecule has 1 aliphatic rings. The highest BCUT2D eigenvalue weighted by Crippen LogP contribution is 2.24. The third-order valence-electron chi connectivity index (χ3n) is 4.51. The van der Waals surface area contributed by atoms with E-state index in [9.17, 15) is 4.39 Å². The minimum atomic E-state index is -0.238. The van der Waals surface area contributed by atoms with Crippen LogP contribution in [0.4, 0.5) is 16.2 Å². The molecule has 0 aliphatic carbocycles. The average Bonchev–Trinajstić information content (AvgIpc) is 2.74. The molecule has 5 nitrogen and oxygen atoms in total. The first-order valence-corrected chi connectivity index (χ1v) is 9.04. The lowest BCUT2D eigenvalue weighted by Crippen LogP contribution is -2.36. The predicted octanol–water partition coefficient (Wildman–Crippen LogP) is 3.73. The van der Waals surface area contributed by atoms with E-state index in [1.54, 1.807) is 12.1 Å². The standard InChI is InChI=1S/C21H21FN4O/c22-18-9-5-4-8-17(18)15-23-21-24-19(16-6-2-1-3-7-16)14-20(25-21)26-10-12-27-13-11-26/h1-9,14H,10-13,15H2,(H,23,24,25). The smallest absolute Gasteiger partial charge is 0.225 e. The summed E-state index contributed by atoms with van der Waals surface area (Å²) in [5.74, 6) is 1.10. The van der Waals surface area contributed by atoms with Crippen LogP contribution in [0.1, 0.15) is 5.56 Å². The van der Waals surface area contributed by atoms with Crippen LogP contribution in [-0.4, -0.2) is 36.3 Å². The van der Waals surface area contributed by atoms with Crippen LogP contribution in [-0.2, 0) is 11.3 Å². The van der Waals surface area contributed by atoms with Crippen LogP contribution in [0.5, 0.6) is 0 Å². The Morgan fingerprint density at radius 1 is 0.963 bits per heavy atom. The zero-order valence-electron chi connectivity index (χ0n) is 14.9. The summed E-state index contributed by atoms with van der Waals surface area (Å²) in [5, 5.41) is 3.17. The number of morpholine rings is 1. The molecule has 4 rings (SSSR count). The molecule has 1 aliphatic heterocycles. The van der Waals surface area contributed by atoms with E-state index in [-0.39, 0.29) is 5.82 Å². The third kappa shape index (κ3) is 4.23. The molecule has 0 atom stereocenters. The SMILES string of the molecule is Fc1ccccc1CNc1nc(-c2ccccc2)cc(N2CCOCC2)n1. The van der Waals surface area contributed by atoms with E-state index in [0.717, 1.165) is 30.2 Å². The molecule has 1 aromatic heterocycles. The van der Waals surface area contributed by atoms with Crippen LogP contribution >= 0.6 is 0 Å². The van der Waals surface area contributed by atoms with Gasteiger partial charge in [0.25, 0.3) is 0 Å². The fraction of sp³-hybridized carbons (Fsp3) is 0.238. The number of rotatable bonds is 5. The number of aromatic nitrogens is 2. The number of nitrogens with one attached hydrogen (secondary N) is 1. The predicted molar refractivity (Wildman–Crippen MR) is 104 cm³/mol. The Morgan fingerprint density at radius 2 is 1.70 bits per heavy atom. The molecule has 0 radical (unpaired) electrons. The number of hydrogen-bond donors (Lipinski definition) is 1. The Hall–Kier alpha value is -2.99. The number of anilines is 2. The summed E-state index contributed by atoms with van der Waals surface area (Å²) in [7, 11) is 0. The van der Waals surface area contributed by atoms with Crippen LogP contribution in [0.25, 0.3) is 11.3 Å². The molecule has 1 N–H and O–H groups in total. The zero-order chi connectivity index (χ0) is 18.5. The first-order valence-electron chi connectivity index (χ1n) is 9.04. The molecule has 0 bridgehead atoms. The molecule has 0 saturated carbocycles. The van der Waals surface area contributed by atoms with Gasteiger partial charge in [-0.1, -0.05) is 48.5 Å². The molecule has 0 unspecified atom stereocenters. The van der Waals surface area contributed by atoms with Gasteiger partial charge in [-0.15, -0.1) is 0 Å². The number of halogens is 1. The van der Waals surface area contributed by atoms with Crippen LogP contribution in [0.3, 0.4) is 0 Å². The van der Waals surface area contributed by atoms with Gasteiger partial charge in [-0.25, -0.2) is 9.37 Å². The van der Waals surface area contributed by atoms with Crippen molar-refractivity contribution in [3.8, 4) is 11.3 Å². The maximum absolute atomic E-state index is 13.9. The second-order valence-electron chi connectivity index (χ2n) is 6.35. The van der Waals surface area contributed by atoms with Crippen LogP contribution in [0.15, 0.2) is 60.7 Å². The van der Waals surface area contributed by atoms with Gasteiger partial charge in [0, 0.05) is 36.8 Å². The van der Waals surface area contributed by atoms with Crippen molar-refractivity contribution in [2.75, 3.05) is 36.5 Å². The Morgan fingerprint density at radius 3 is 2.48 bits per heavy atom. The summed E-state index contributed by atoms with van der Waals surface area (Å²) in [6.07, 6.45) is 0. The van der Waals surface area contributed by atoms with Crippen molar-refractivity contribution in [1.82, 2.24) is 9.97 Å². The molecule has 0 spiro atoms. The molecule has 3 aromatic rings. The highest BCUT2D eigenvalue weighted by molar-refractivity contribution is 5.64. The Kier molecular flexibility index (Phi) is 5.25. The lowest BCUT2D eigenvalue weighted by molar-refractivity contribution is 0.122. The molecule has 6 heteroatoms. The number of benzene rings is 2. The Balaban J connectivity index is 1.64. The quantitative estimate of drug-likeness (QED) is 0.748. The van der Waals surface area contributed by atoms with E-state index in [2.05, 4.69) is 20.2 Å². The molecule has 27 heavy (non-hydrogen) atoms. The van der Waals surface area contributed by atoms with Crippen LogP contribution < -0.4 is 10.2 Å². The zero-order valence-corrected chi connectivity index (χ0v) is 14.9. The lowest BCUT2D eigenvalue weighted by Gasteiger charge is -2.28. The Bertz CT molecular complexity index is 898. The number of ether oxygens (including phenoxy) is 1. The van der Waals surface area contributed by atoms with Crippen molar-refractivity contribution in [2.45, 2.75) is 6.54 Å². The van der Waals surface area contributed by atoms with E-state index >= 15 is 0 Å². The van der Waals surface area contributed by atoms with Crippen molar-refractivity contribution >= 4 is 11.8 Å². The van der Waals surface area contributed by atoms with Gasteiger partial charge < -0.3 is 15.0 Å². The molecular formula is C21H21FN4O. The fourth-order valence-electron chi connectivity index (χ4n) is 3.04. The average molecular weight is 364 g/mol. The van der Waals surface area contributed by atoms with Gasteiger partial charge >= 0.3 is 0 Å². The highest BCUT2D eigenvalue weighted by Gasteiger charge is 2.16. The minimum Gasteiger partial charge on any atom is -0.378 e. The Labute approximate surface area is 157 Å². The van der Waals surface area contributed by atoms with Gasteiger partial charge in [0.05, 0.1) is 18.9 Å². The molecule has 2 heterocycles. The van der Waals surface area contributed by atoms with Gasteiger partial charge in [-0.05, 0) is 6.07 Å². The van der Waals surface area contributed by atoms with Gasteiger partial charge in [0.15, 0.2) is 0 Å². The molecule has 0 amide bonds. The van der Waals surface area contributed by atoms with E-state index < -0.39 is 0 Å². The van der Waals surface area contributed by atoms with Gasteiger partial charge in [-0.2, -0.15) is 4.98 Å². The van der Waals surface area contributed by atoms with E-state index in [1.807, 2.05) is 42.5 Å². The molecule has 138 valence electrons. The summed E-state index contributed by atoms with van der Waals surface area (Å²) in [6.45, 7) is 3.27. The molecule has 2 aromatic carbocycles. The maximum atomic E-state index is 13.9. The molecule has 1 fully saturated rings. The van der Waals surface area contributed by atoms with E-state index in [0.29, 0.717) is 31.3 Å². The van der Waals surface area contributed by atoms with Crippen molar-refractivity contribution in [1.29, 1.82) is 0 Å². The third-order valence-corrected chi connectivity index (χ3v) is 4.51. The summed E-state index contributed by atoms with van der Waals surface area (Å²) >= 11 is 0. The summed E-state index contributed by atoms with van der Waals surface area (Å²) in [5.41, 5.74) is 2.44. The molecular weight excluding hydrogens is 343 g/mol. The van der Waals surface area contributed by atoms with E-state index in [1.165, 1.54) is 6.07 Å². The first-order chi connectivity index (χ1) is 13.3. The van der Waals surface area contributed by atoms with Gasteiger partial charge in [0.1, 0.15) is 11.6 Å². The second kappa shape index (κ2) is 8.14. The lowest BCUT2D eigenvalue weighted by atomic mass is 10.1. The van der Waals surface area contributed by atoms with Crippen LogP contribution in [0, 0.1) is 5.82 Å². The van der Waals surface area contributed by atoms with Crippen molar-refractivity contribution in [3.05, 3.63) is 72.0 Å². The van der Waals surface area contributed by atoms with Gasteiger partial charge in [-0.3, -0.25) is 0 Å². The summed E-state index contributed by atoms with van der Waals surface area (Å²) in [6, 6.07) is 18.7. The summed E-state index contributed by atoms with van der Waals surface area (Å²) in [4.78, 5) is 11.5.